The van der Waals surface area contributed by atoms with E-state index in [0.29, 0.717) is 52.9 Å². The van der Waals surface area contributed by atoms with E-state index in [1.54, 1.807) is 0 Å². The number of aliphatic hydroxyl groups excluding tert-OH is 1. The summed E-state index contributed by atoms with van der Waals surface area (Å²) in [6.07, 6.45) is 30.6. The van der Waals surface area contributed by atoms with Crippen LogP contribution in [0.25, 0.3) is 33.6 Å². The van der Waals surface area contributed by atoms with Gasteiger partial charge in [0.05, 0.1) is 49.9 Å². The van der Waals surface area contributed by atoms with E-state index in [9.17, 15) is 5.11 Å². The topological polar surface area (TPSA) is 91.1 Å². The second kappa shape index (κ2) is 44.6. The first-order valence-electron chi connectivity index (χ1n) is 45.5. The lowest BCUT2D eigenvalue weighted by Gasteiger charge is -2.37. The third kappa shape index (κ3) is 22.4. The van der Waals surface area contributed by atoms with Crippen molar-refractivity contribution in [2.24, 2.45) is 0 Å². The van der Waals surface area contributed by atoms with Crippen LogP contribution in [0.2, 0.25) is 0 Å². The lowest BCUT2D eigenvalue weighted by Crippen LogP contribution is -2.34. The van der Waals surface area contributed by atoms with Crippen LogP contribution in [0.15, 0.2) is 371 Å². The summed E-state index contributed by atoms with van der Waals surface area (Å²) in [5.74, 6) is 3.22. The number of ether oxygens (including phenoxy) is 6. The summed E-state index contributed by atoms with van der Waals surface area (Å²) in [5, 5.41) is 10.5. The van der Waals surface area contributed by atoms with E-state index in [1.165, 1.54) is 129 Å². The molecule has 4 aromatic heterocycles. The normalized spacial score (nSPS) is 11.5. The third-order valence-electron chi connectivity index (χ3n) is 24.2. The van der Waals surface area contributed by atoms with E-state index in [1.807, 2.05) is 36.4 Å². The molecule has 0 amide bonds. The Bertz CT molecular complexity index is 5320. The minimum Gasteiger partial charge on any atom is -0.491 e. The molecule has 0 aliphatic carbocycles. The number of pyridine rings is 4. The molecular formula is C115H120N4O7+4. The summed E-state index contributed by atoms with van der Waals surface area (Å²) >= 11 is 0. The van der Waals surface area contributed by atoms with Gasteiger partial charge in [-0.3, -0.25) is 0 Å². The number of nitrogens with zero attached hydrogens (tertiary/aromatic N) is 4. The van der Waals surface area contributed by atoms with E-state index in [2.05, 4.69) is 381 Å². The Hall–Kier alpha value is -12.9. The molecule has 4 heterocycles. The van der Waals surface area contributed by atoms with Crippen molar-refractivity contribution < 1.29 is 51.8 Å². The first-order chi connectivity index (χ1) is 62.2. The Balaban J connectivity index is 0.476. The van der Waals surface area contributed by atoms with Gasteiger partial charge in [-0.25, -0.2) is 9.13 Å². The Labute approximate surface area is 746 Å². The summed E-state index contributed by atoms with van der Waals surface area (Å²) < 4.78 is 45.3. The van der Waals surface area contributed by atoms with Gasteiger partial charge in [-0.1, -0.05) is 235 Å². The van der Waals surface area contributed by atoms with Crippen molar-refractivity contribution in [2.75, 3.05) is 52.9 Å². The number of hydrogen-bond donors (Lipinski definition) is 1. The molecular weight excluding hydrogens is 1550 g/mol. The molecule has 126 heavy (non-hydrogen) atoms. The van der Waals surface area contributed by atoms with Crippen LogP contribution in [0.1, 0.15) is 163 Å². The fourth-order valence-corrected chi connectivity index (χ4v) is 17.2. The van der Waals surface area contributed by atoms with Crippen LogP contribution < -0.4 is 37.2 Å². The standard InChI is InChI=1S/C115H120N4O7/c1-5-9-19-89-27-39-102(40-28-89)114(100-23-15-13-16-24-100,103-41-29-90(30-42-103)20-10-6-2)106-47-55-112(56-48-106)125-81-77-121-75-79-123-110-51-35-93(36-52-110)86-116-67-59-96(60-68-116)98-63-71-118(72-64-98)108-83-95(88-120)84-109(85-108)119-73-65-99(66-74-119)97-61-69-117(70-62-97)87-94-37-53-111(54-38-94)124-80-76-122-78-82-126-113-57-49-107(50-58-113)115(101-25-17-14-18-26-101,104-43-31-91(32-44-104)21-11-7-3)105-45-33-92(34-46-105)22-12-8-4/h13-18,23-74,83-85,120H,5-12,19-22,75-82,86-88H2,1-4H3/q+4. The molecule has 0 atom stereocenters. The zero-order chi connectivity index (χ0) is 86.4. The molecule has 0 saturated carbocycles. The third-order valence-corrected chi connectivity index (χ3v) is 24.2. The van der Waals surface area contributed by atoms with Gasteiger partial charge in [0, 0.05) is 71.8 Å². The molecule has 0 aliphatic rings. The predicted molar refractivity (Wildman–Crippen MR) is 505 cm³/mol. The van der Waals surface area contributed by atoms with Crippen molar-refractivity contribution in [1.82, 2.24) is 0 Å². The van der Waals surface area contributed by atoms with Crippen LogP contribution in [0.4, 0.5) is 0 Å². The van der Waals surface area contributed by atoms with Gasteiger partial charge in [-0.05, 0) is 219 Å². The lowest BCUT2D eigenvalue weighted by atomic mass is 9.65. The van der Waals surface area contributed by atoms with Gasteiger partial charge < -0.3 is 33.5 Å². The number of unbranched alkanes of at least 4 members (excludes halogenated alkanes) is 4. The molecule has 0 unspecified atom stereocenters. The second-order valence-corrected chi connectivity index (χ2v) is 32.9. The van der Waals surface area contributed by atoms with Crippen molar-refractivity contribution in [3.05, 3.63) is 455 Å². The molecule has 1 N–H and O–H groups in total. The summed E-state index contributed by atoms with van der Waals surface area (Å²) in [7, 11) is 0. The molecule has 15 aromatic rings. The molecule has 0 spiro atoms. The van der Waals surface area contributed by atoms with Crippen molar-refractivity contribution in [1.29, 1.82) is 0 Å². The van der Waals surface area contributed by atoms with Crippen molar-refractivity contribution >= 4 is 0 Å². The summed E-state index contributed by atoms with van der Waals surface area (Å²) in [6.45, 7) is 13.9. The van der Waals surface area contributed by atoms with Crippen molar-refractivity contribution in [2.45, 2.75) is 135 Å². The molecule has 15 rings (SSSR count). The molecule has 0 fully saturated rings. The summed E-state index contributed by atoms with van der Waals surface area (Å²) in [4.78, 5) is 0. The molecule has 11 aromatic carbocycles. The van der Waals surface area contributed by atoms with E-state index >= 15 is 0 Å². The van der Waals surface area contributed by atoms with E-state index in [0.717, 1.165) is 101 Å². The van der Waals surface area contributed by atoms with Crippen LogP contribution >= 0.6 is 0 Å². The fraction of sp³-hybridized carbons (Fsp3) is 0.252. The lowest BCUT2D eigenvalue weighted by molar-refractivity contribution is -0.688. The molecule has 638 valence electrons. The van der Waals surface area contributed by atoms with Crippen LogP contribution in [0, 0.1) is 0 Å². The zero-order valence-electron chi connectivity index (χ0n) is 73.7. The van der Waals surface area contributed by atoms with Gasteiger partial charge in [-0.15, -0.1) is 0 Å². The van der Waals surface area contributed by atoms with Gasteiger partial charge in [0.25, 0.3) is 0 Å². The SMILES string of the molecule is CCCCc1ccc(C(c2ccccc2)(c2ccc(CCCC)cc2)c2ccc(OCCOCCOc3ccc(C[n+]4ccc(-c5cc[n+](-c6cc(CO)cc(-[n+]7ccc(-c8cc[n+](Cc9ccc(OCCOCCOc%10ccc(C(c%11ccccc%11)(c%11ccc(CCCC)cc%11)c%11ccc(CCCC)cc%11)cc%10)cc9)cc8)cc7)c6)cc5)cc4)cc3)cc2)cc1. The zero-order valence-corrected chi connectivity index (χ0v) is 73.7. The van der Waals surface area contributed by atoms with E-state index in [4.69, 9.17) is 28.4 Å². The van der Waals surface area contributed by atoms with Crippen molar-refractivity contribution in [3.8, 4) is 56.6 Å². The number of aryl methyl sites for hydroxylation is 4. The van der Waals surface area contributed by atoms with Gasteiger partial charge in [0.15, 0.2) is 62.7 Å². The first kappa shape index (κ1) is 88.0. The maximum absolute atomic E-state index is 10.5. The number of hydrogen-bond acceptors (Lipinski definition) is 7. The maximum Gasteiger partial charge on any atom is 0.217 e. The Kier molecular flexibility index (Phi) is 31.2. The van der Waals surface area contributed by atoms with Crippen LogP contribution in [-0.4, -0.2) is 58.0 Å². The smallest absolute Gasteiger partial charge is 0.217 e. The Morgan fingerprint density at radius 2 is 0.476 bits per heavy atom. The highest BCUT2D eigenvalue weighted by Gasteiger charge is 2.40. The number of benzene rings is 11. The molecule has 0 saturated heterocycles. The van der Waals surface area contributed by atoms with Gasteiger partial charge in [0.1, 0.15) is 49.4 Å². The fourth-order valence-electron chi connectivity index (χ4n) is 17.2. The summed E-state index contributed by atoms with van der Waals surface area (Å²) in [5.41, 5.74) is 23.8. The van der Waals surface area contributed by atoms with E-state index < -0.39 is 10.8 Å². The van der Waals surface area contributed by atoms with Gasteiger partial charge >= 0.3 is 0 Å². The predicted octanol–water partition coefficient (Wildman–Crippen LogP) is 22.8. The number of aromatic nitrogens is 4. The minimum atomic E-state index is -0.527. The molecule has 11 nitrogen and oxygen atoms in total. The molecule has 0 aliphatic heterocycles. The highest BCUT2D eigenvalue weighted by atomic mass is 16.6. The van der Waals surface area contributed by atoms with Crippen LogP contribution in [0.3, 0.4) is 0 Å². The number of rotatable bonds is 45. The first-order valence-corrected chi connectivity index (χ1v) is 45.5. The second-order valence-electron chi connectivity index (χ2n) is 32.9. The maximum atomic E-state index is 10.5. The highest BCUT2D eigenvalue weighted by Crippen LogP contribution is 2.48. The minimum absolute atomic E-state index is 0.0780. The van der Waals surface area contributed by atoms with Crippen LogP contribution in [0.5, 0.6) is 23.0 Å². The largest absolute Gasteiger partial charge is 0.491 e. The van der Waals surface area contributed by atoms with Crippen LogP contribution in [-0.2, 0) is 65.7 Å². The summed E-state index contributed by atoms with van der Waals surface area (Å²) in [6, 6.07) is 116. The Morgan fingerprint density at radius 3 is 0.738 bits per heavy atom. The Morgan fingerprint density at radius 1 is 0.238 bits per heavy atom. The molecule has 0 bridgehead atoms. The highest BCUT2D eigenvalue weighted by molar-refractivity contribution is 5.65. The van der Waals surface area contributed by atoms with Gasteiger partial charge in [0.2, 0.25) is 11.4 Å². The van der Waals surface area contributed by atoms with Crippen molar-refractivity contribution in [3.63, 3.8) is 0 Å². The molecule has 11 heteroatoms. The number of aliphatic hydroxyl groups is 1. The monoisotopic (exact) mass is 1670 g/mol. The van der Waals surface area contributed by atoms with E-state index in [-0.39, 0.29) is 6.61 Å². The molecule has 0 radical (unpaired) electrons. The average Bonchev–Trinajstić information content (AvgIpc) is 0.736. The quantitative estimate of drug-likeness (QED) is 0.0231. The van der Waals surface area contributed by atoms with Gasteiger partial charge in [-0.2, -0.15) is 9.13 Å². The average molecular weight is 1670 g/mol.